The van der Waals surface area contributed by atoms with Crippen LogP contribution in [0.5, 0.6) is 0 Å². The molecule has 1 aromatic carbocycles. The molecule has 1 aliphatic carbocycles. The topological polar surface area (TPSA) is 12.0 Å². The summed E-state index contributed by atoms with van der Waals surface area (Å²) in [4.78, 5) is 0. The van der Waals surface area contributed by atoms with Gasteiger partial charge in [0.25, 0.3) is 0 Å². The van der Waals surface area contributed by atoms with Crippen LogP contribution in [-0.4, -0.2) is 13.6 Å². The van der Waals surface area contributed by atoms with Gasteiger partial charge in [0.15, 0.2) is 0 Å². The molecule has 1 fully saturated rings. The minimum atomic E-state index is 0.436. The second-order valence-electron chi connectivity index (χ2n) is 5.04. The number of benzene rings is 1. The third kappa shape index (κ3) is 1.93. The molecule has 0 aliphatic heterocycles. The summed E-state index contributed by atoms with van der Waals surface area (Å²) in [5, 5.41) is 3.35. The summed E-state index contributed by atoms with van der Waals surface area (Å²) < 4.78 is 0. The number of rotatable bonds is 3. The van der Waals surface area contributed by atoms with Gasteiger partial charge in [0.2, 0.25) is 0 Å². The normalized spacial score (nSPS) is 18.6. The second-order valence-corrected chi connectivity index (χ2v) is 5.04. The third-order valence-corrected chi connectivity index (χ3v) is 3.66. The van der Waals surface area contributed by atoms with Crippen molar-refractivity contribution in [3.05, 3.63) is 34.9 Å². The van der Waals surface area contributed by atoms with Crippen LogP contribution in [0.3, 0.4) is 0 Å². The largest absolute Gasteiger partial charge is 0.319 e. The number of likely N-dealkylation sites (N-methyl/N-ethyl adjacent to an activating group) is 1. The van der Waals surface area contributed by atoms with Crippen LogP contribution in [0.15, 0.2) is 18.2 Å². The van der Waals surface area contributed by atoms with E-state index < -0.39 is 0 Å². The fourth-order valence-electron chi connectivity index (χ4n) is 2.79. The first-order chi connectivity index (χ1) is 7.16. The van der Waals surface area contributed by atoms with Crippen LogP contribution in [-0.2, 0) is 5.41 Å². The highest BCUT2D eigenvalue weighted by molar-refractivity contribution is 5.36. The van der Waals surface area contributed by atoms with E-state index in [1.165, 1.54) is 30.4 Å². The van der Waals surface area contributed by atoms with E-state index in [-0.39, 0.29) is 0 Å². The lowest BCUT2D eigenvalue weighted by Gasteiger charge is -2.43. The second kappa shape index (κ2) is 3.97. The Kier molecular flexibility index (Phi) is 2.83. The van der Waals surface area contributed by atoms with Crippen LogP contribution in [0.25, 0.3) is 0 Å². The fraction of sp³-hybridized carbons (Fsp3) is 0.571. The summed E-state index contributed by atoms with van der Waals surface area (Å²) in [5.74, 6) is 0. The van der Waals surface area contributed by atoms with Gasteiger partial charge in [0.1, 0.15) is 0 Å². The highest BCUT2D eigenvalue weighted by Crippen LogP contribution is 2.43. The van der Waals surface area contributed by atoms with E-state index in [0.29, 0.717) is 5.41 Å². The van der Waals surface area contributed by atoms with Gasteiger partial charge in [-0.3, -0.25) is 0 Å². The molecule has 1 nitrogen and oxygen atoms in total. The third-order valence-electron chi connectivity index (χ3n) is 3.66. The zero-order chi connectivity index (χ0) is 10.9. The smallest absolute Gasteiger partial charge is 0.00778 e. The molecule has 0 unspecified atom stereocenters. The lowest BCUT2D eigenvalue weighted by molar-refractivity contribution is 0.239. The van der Waals surface area contributed by atoms with E-state index in [9.17, 15) is 0 Å². The Morgan fingerprint density at radius 2 is 1.73 bits per heavy atom. The van der Waals surface area contributed by atoms with Crippen LogP contribution < -0.4 is 5.32 Å². The van der Waals surface area contributed by atoms with Gasteiger partial charge < -0.3 is 5.32 Å². The summed E-state index contributed by atoms with van der Waals surface area (Å²) in [6, 6.07) is 6.99. The van der Waals surface area contributed by atoms with Crippen molar-refractivity contribution >= 4 is 0 Å². The molecule has 2 rings (SSSR count). The van der Waals surface area contributed by atoms with Gasteiger partial charge in [-0.05, 0) is 39.3 Å². The molecule has 0 amide bonds. The van der Waals surface area contributed by atoms with Crippen LogP contribution in [0, 0.1) is 13.8 Å². The van der Waals surface area contributed by atoms with Crippen molar-refractivity contribution in [2.75, 3.05) is 13.6 Å². The Balaban J connectivity index is 2.34. The van der Waals surface area contributed by atoms with Gasteiger partial charge in [-0.25, -0.2) is 0 Å². The summed E-state index contributed by atoms with van der Waals surface area (Å²) in [6.07, 6.45) is 4.07. The average Bonchev–Trinajstić information content (AvgIpc) is 2.09. The predicted molar refractivity (Wildman–Crippen MR) is 65.4 cm³/mol. The molecule has 0 saturated heterocycles. The van der Waals surface area contributed by atoms with Crippen LogP contribution in [0.2, 0.25) is 0 Å². The standard InChI is InChI=1S/C14H21N/c1-11-7-12(2)9-13(8-11)14(10-15-3)5-4-6-14/h7-9,15H,4-6,10H2,1-3H3. The van der Waals surface area contributed by atoms with Crippen molar-refractivity contribution in [3.8, 4) is 0 Å². The molecular weight excluding hydrogens is 182 g/mol. The number of hydrogen-bond acceptors (Lipinski definition) is 1. The molecule has 0 heterocycles. The molecule has 1 aliphatic rings. The maximum Gasteiger partial charge on any atom is 0.00778 e. The lowest BCUT2D eigenvalue weighted by atomic mass is 9.64. The Morgan fingerprint density at radius 1 is 1.13 bits per heavy atom. The van der Waals surface area contributed by atoms with E-state index in [1.807, 2.05) is 0 Å². The predicted octanol–water partition coefficient (Wildman–Crippen LogP) is 2.94. The summed E-state index contributed by atoms with van der Waals surface area (Å²) in [6.45, 7) is 5.51. The van der Waals surface area contributed by atoms with Gasteiger partial charge in [0.05, 0.1) is 0 Å². The maximum absolute atomic E-state index is 3.35. The molecule has 1 heteroatoms. The first-order valence-electron chi connectivity index (χ1n) is 5.90. The monoisotopic (exact) mass is 203 g/mol. The Morgan fingerprint density at radius 3 is 2.13 bits per heavy atom. The zero-order valence-corrected chi connectivity index (χ0v) is 10.1. The number of aryl methyl sites for hydroxylation is 2. The maximum atomic E-state index is 3.35. The minimum absolute atomic E-state index is 0.436. The molecule has 15 heavy (non-hydrogen) atoms. The highest BCUT2D eigenvalue weighted by atomic mass is 14.8. The molecule has 0 bridgehead atoms. The van der Waals surface area contributed by atoms with Crippen molar-refractivity contribution in [1.82, 2.24) is 5.32 Å². The van der Waals surface area contributed by atoms with Crippen molar-refractivity contribution in [2.45, 2.75) is 38.5 Å². The Hall–Kier alpha value is -0.820. The first-order valence-corrected chi connectivity index (χ1v) is 5.90. The summed E-state index contributed by atoms with van der Waals surface area (Å²) in [5.41, 5.74) is 4.77. The molecule has 0 atom stereocenters. The SMILES string of the molecule is CNCC1(c2cc(C)cc(C)c2)CCC1. The van der Waals surface area contributed by atoms with Crippen LogP contribution in [0.4, 0.5) is 0 Å². The van der Waals surface area contributed by atoms with Gasteiger partial charge in [-0.1, -0.05) is 35.7 Å². The van der Waals surface area contributed by atoms with Crippen LogP contribution >= 0.6 is 0 Å². The van der Waals surface area contributed by atoms with Gasteiger partial charge >= 0.3 is 0 Å². The molecule has 1 aromatic rings. The number of nitrogens with one attached hydrogen (secondary N) is 1. The van der Waals surface area contributed by atoms with Crippen molar-refractivity contribution in [2.24, 2.45) is 0 Å². The van der Waals surface area contributed by atoms with E-state index in [4.69, 9.17) is 0 Å². The van der Waals surface area contributed by atoms with Gasteiger partial charge in [0, 0.05) is 12.0 Å². The molecule has 1 N–H and O–H groups in total. The van der Waals surface area contributed by atoms with Crippen molar-refractivity contribution in [1.29, 1.82) is 0 Å². The van der Waals surface area contributed by atoms with Gasteiger partial charge in [-0.15, -0.1) is 0 Å². The lowest BCUT2D eigenvalue weighted by Crippen LogP contribution is -2.42. The average molecular weight is 203 g/mol. The van der Waals surface area contributed by atoms with Crippen LogP contribution in [0.1, 0.15) is 36.0 Å². The molecule has 0 spiro atoms. The number of hydrogen-bond donors (Lipinski definition) is 1. The highest BCUT2D eigenvalue weighted by Gasteiger charge is 2.37. The minimum Gasteiger partial charge on any atom is -0.319 e. The quantitative estimate of drug-likeness (QED) is 0.796. The first kappa shape index (κ1) is 10.7. The molecule has 0 aromatic heterocycles. The summed E-state index contributed by atoms with van der Waals surface area (Å²) in [7, 11) is 2.06. The Labute approximate surface area is 92.9 Å². The van der Waals surface area contributed by atoms with E-state index >= 15 is 0 Å². The van der Waals surface area contributed by atoms with Crippen molar-refractivity contribution in [3.63, 3.8) is 0 Å². The van der Waals surface area contributed by atoms with E-state index in [1.54, 1.807) is 5.56 Å². The van der Waals surface area contributed by atoms with E-state index in [2.05, 4.69) is 44.4 Å². The van der Waals surface area contributed by atoms with Crippen molar-refractivity contribution < 1.29 is 0 Å². The molecule has 0 radical (unpaired) electrons. The van der Waals surface area contributed by atoms with E-state index in [0.717, 1.165) is 6.54 Å². The molecule has 1 saturated carbocycles. The zero-order valence-electron chi connectivity index (χ0n) is 10.1. The van der Waals surface area contributed by atoms with Gasteiger partial charge in [-0.2, -0.15) is 0 Å². The molecular formula is C14H21N. The Bertz CT molecular complexity index is 330. The fourth-order valence-corrected chi connectivity index (χ4v) is 2.79. The molecule has 82 valence electrons. The summed E-state index contributed by atoms with van der Waals surface area (Å²) >= 11 is 0.